The van der Waals surface area contributed by atoms with E-state index < -0.39 is 0 Å². The van der Waals surface area contributed by atoms with Crippen LogP contribution in [0, 0.1) is 6.92 Å². The minimum Gasteiger partial charge on any atom is -0.336 e. The molecule has 2 aromatic heterocycles. The van der Waals surface area contributed by atoms with Crippen LogP contribution < -0.4 is 0 Å². The summed E-state index contributed by atoms with van der Waals surface area (Å²) in [5, 5.41) is 4.44. The Morgan fingerprint density at radius 3 is 2.84 bits per heavy atom. The quantitative estimate of drug-likeness (QED) is 0.784. The second-order valence-electron chi connectivity index (χ2n) is 6.35. The molecule has 7 heteroatoms. The van der Waals surface area contributed by atoms with Crippen LogP contribution in [0.25, 0.3) is 0 Å². The van der Waals surface area contributed by atoms with E-state index in [1.165, 1.54) is 5.56 Å². The topological polar surface area (TPSA) is 54.3 Å². The monoisotopic (exact) mass is 405 g/mol. The number of aryl methyl sites for hydroxylation is 2. The Bertz CT molecular complexity index is 731. The summed E-state index contributed by atoms with van der Waals surface area (Å²) < 4.78 is 2.61. The van der Waals surface area contributed by atoms with E-state index in [1.54, 1.807) is 10.9 Å². The number of carbonyl (C=O) groups excluding carboxylic acids is 1. The Labute approximate surface area is 157 Å². The lowest BCUT2D eigenvalue weighted by Gasteiger charge is -2.22. The summed E-state index contributed by atoms with van der Waals surface area (Å²) >= 11 is 3.54. The van der Waals surface area contributed by atoms with Crippen molar-refractivity contribution in [3.63, 3.8) is 0 Å². The number of pyridine rings is 1. The molecule has 1 saturated heterocycles. The molecule has 134 valence electrons. The van der Waals surface area contributed by atoms with Gasteiger partial charge in [0.05, 0.1) is 10.2 Å². The number of halogens is 1. The standard InChI is InChI=1S/C18H24BrN5O/c1-3-24-17(16(19)14(2)21-24)18(25)23-9-5-8-22(10-11-23)13-15-6-4-7-20-12-15/h4,6-7,12H,3,5,8-11,13H2,1-2H3. The molecule has 6 nitrogen and oxygen atoms in total. The third-order valence-electron chi connectivity index (χ3n) is 4.56. The second-order valence-corrected chi connectivity index (χ2v) is 7.14. The maximum absolute atomic E-state index is 13.0. The Balaban J connectivity index is 1.68. The Morgan fingerprint density at radius 1 is 1.28 bits per heavy atom. The van der Waals surface area contributed by atoms with Gasteiger partial charge in [-0.3, -0.25) is 19.4 Å². The summed E-state index contributed by atoms with van der Waals surface area (Å²) in [6.07, 6.45) is 4.68. The zero-order valence-electron chi connectivity index (χ0n) is 14.8. The van der Waals surface area contributed by atoms with Gasteiger partial charge in [0.2, 0.25) is 0 Å². The van der Waals surface area contributed by atoms with Gasteiger partial charge in [-0.15, -0.1) is 0 Å². The third-order valence-corrected chi connectivity index (χ3v) is 5.51. The summed E-state index contributed by atoms with van der Waals surface area (Å²) in [6.45, 7) is 8.88. The van der Waals surface area contributed by atoms with Crippen LogP contribution in [0.15, 0.2) is 29.0 Å². The van der Waals surface area contributed by atoms with Crippen molar-refractivity contribution in [2.75, 3.05) is 26.2 Å². The Morgan fingerprint density at radius 2 is 2.12 bits per heavy atom. The molecule has 25 heavy (non-hydrogen) atoms. The van der Waals surface area contributed by atoms with Gasteiger partial charge in [-0.25, -0.2) is 0 Å². The lowest BCUT2D eigenvalue weighted by molar-refractivity contribution is 0.0747. The molecule has 0 spiro atoms. The molecule has 3 heterocycles. The first kappa shape index (κ1) is 18.1. The molecule has 0 bridgehead atoms. The van der Waals surface area contributed by atoms with Gasteiger partial charge in [-0.05, 0) is 47.8 Å². The minimum absolute atomic E-state index is 0.0672. The van der Waals surface area contributed by atoms with E-state index >= 15 is 0 Å². The van der Waals surface area contributed by atoms with E-state index in [9.17, 15) is 4.79 Å². The maximum Gasteiger partial charge on any atom is 0.273 e. The van der Waals surface area contributed by atoms with Crippen LogP contribution in [0.1, 0.15) is 35.1 Å². The first-order valence-electron chi connectivity index (χ1n) is 8.73. The van der Waals surface area contributed by atoms with Crippen LogP contribution in [0.2, 0.25) is 0 Å². The molecule has 2 aromatic rings. The van der Waals surface area contributed by atoms with Crippen molar-refractivity contribution >= 4 is 21.8 Å². The summed E-state index contributed by atoms with van der Waals surface area (Å²) in [7, 11) is 0. The van der Waals surface area contributed by atoms with Gasteiger partial charge in [0.15, 0.2) is 0 Å². The lowest BCUT2D eigenvalue weighted by atomic mass is 10.2. The highest BCUT2D eigenvalue weighted by molar-refractivity contribution is 9.10. The molecule has 3 rings (SSSR count). The predicted molar refractivity (Wildman–Crippen MR) is 100 cm³/mol. The number of nitrogens with zero attached hydrogens (tertiary/aromatic N) is 5. The SMILES string of the molecule is CCn1nc(C)c(Br)c1C(=O)N1CCCN(Cc2cccnc2)CC1. The van der Waals surface area contributed by atoms with Crippen molar-refractivity contribution < 1.29 is 4.79 Å². The van der Waals surface area contributed by atoms with Crippen LogP contribution in [0.3, 0.4) is 0 Å². The van der Waals surface area contributed by atoms with Crippen LogP contribution in [0.4, 0.5) is 0 Å². The summed E-state index contributed by atoms with van der Waals surface area (Å²) in [4.78, 5) is 21.6. The third kappa shape index (κ3) is 4.10. The highest BCUT2D eigenvalue weighted by Crippen LogP contribution is 2.23. The van der Waals surface area contributed by atoms with E-state index in [4.69, 9.17) is 0 Å². The largest absolute Gasteiger partial charge is 0.336 e. The number of aromatic nitrogens is 3. The molecular weight excluding hydrogens is 382 g/mol. The highest BCUT2D eigenvalue weighted by Gasteiger charge is 2.26. The summed E-state index contributed by atoms with van der Waals surface area (Å²) in [6, 6.07) is 4.06. The number of hydrogen-bond acceptors (Lipinski definition) is 4. The number of hydrogen-bond donors (Lipinski definition) is 0. The number of amides is 1. The molecule has 1 fully saturated rings. The van der Waals surface area contributed by atoms with E-state index in [0.29, 0.717) is 12.2 Å². The molecule has 0 saturated carbocycles. The first-order chi connectivity index (χ1) is 12.1. The minimum atomic E-state index is 0.0672. The maximum atomic E-state index is 13.0. The van der Waals surface area contributed by atoms with Crippen LogP contribution in [-0.2, 0) is 13.1 Å². The van der Waals surface area contributed by atoms with Crippen LogP contribution in [-0.4, -0.2) is 56.7 Å². The summed E-state index contributed by atoms with van der Waals surface area (Å²) in [5.41, 5.74) is 2.74. The average molecular weight is 406 g/mol. The number of rotatable bonds is 4. The lowest BCUT2D eigenvalue weighted by Crippen LogP contribution is -2.36. The van der Waals surface area contributed by atoms with E-state index in [2.05, 4.69) is 37.0 Å². The fourth-order valence-electron chi connectivity index (χ4n) is 3.22. The van der Waals surface area contributed by atoms with Gasteiger partial charge in [-0.2, -0.15) is 5.10 Å². The Kier molecular flexibility index (Phi) is 5.86. The Hall–Kier alpha value is -1.73. The molecule has 0 aliphatic carbocycles. The molecule has 0 unspecified atom stereocenters. The van der Waals surface area contributed by atoms with Gasteiger partial charge in [0.25, 0.3) is 5.91 Å². The molecular formula is C18H24BrN5O. The van der Waals surface area contributed by atoms with Crippen molar-refractivity contribution in [1.82, 2.24) is 24.6 Å². The molecule has 0 aromatic carbocycles. The van der Waals surface area contributed by atoms with Gasteiger partial charge in [0, 0.05) is 51.7 Å². The fourth-order valence-corrected chi connectivity index (χ4v) is 3.68. The smallest absolute Gasteiger partial charge is 0.273 e. The van der Waals surface area contributed by atoms with Gasteiger partial charge in [-0.1, -0.05) is 6.07 Å². The molecule has 0 radical (unpaired) electrons. The second kappa shape index (κ2) is 8.10. The molecule has 0 atom stereocenters. The zero-order chi connectivity index (χ0) is 17.8. The van der Waals surface area contributed by atoms with Crippen molar-refractivity contribution in [2.45, 2.75) is 33.4 Å². The van der Waals surface area contributed by atoms with Gasteiger partial charge >= 0.3 is 0 Å². The van der Waals surface area contributed by atoms with Crippen molar-refractivity contribution in [1.29, 1.82) is 0 Å². The molecule has 1 aliphatic rings. The zero-order valence-corrected chi connectivity index (χ0v) is 16.4. The normalized spacial score (nSPS) is 16.0. The van der Waals surface area contributed by atoms with Crippen LogP contribution >= 0.6 is 15.9 Å². The van der Waals surface area contributed by atoms with Crippen molar-refractivity contribution in [3.8, 4) is 0 Å². The van der Waals surface area contributed by atoms with Crippen molar-refractivity contribution in [2.24, 2.45) is 0 Å². The predicted octanol–water partition coefficient (Wildman–Crippen LogP) is 2.72. The molecule has 0 N–H and O–H groups in total. The molecule has 1 amide bonds. The fraction of sp³-hybridized carbons (Fsp3) is 0.500. The van der Waals surface area contributed by atoms with E-state index in [1.807, 2.05) is 31.0 Å². The van der Waals surface area contributed by atoms with Crippen LogP contribution in [0.5, 0.6) is 0 Å². The first-order valence-corrected chi connectivity index (χ1v) is 9.53. The number of carbonyl (C=O) groups is 1. The average Bonchev–Trinajstić information content (AvgIpc) is 2.78. The van der Waals surface area contributed by atoms with E-state index in [0.717, 1.165) is 49.3 Å². The summed E-state index contributed by atoms with van der Waals surface area (Å²) in [5.74, 6) is 0.0672. The molecule has 1 aliphatic heterocycles. The van der Waals surface area contributed by atoms with Gasteiger partial charge in [0.1, 0.15) is 5.69 Å². The highest BCUT2D eigenvalue weighted by atomic mass is 79.9. The van der Waals surface area contributed by atoms with E-state index in [-0.39, 0.29) is 5.91 Å². The van der Waals surface area contributed by atoms with Gasteiger partial charge < -0.3 is 4.90 Å². The van der Waals surface area contributed by atoms with Crippen molar-refractivity contribution in [3.05, 3.63) is 46.0 Å².